The van der Waals surface area contributed by atoms with Crippen molar-refractivity contribution >= 4 is 13.9 Å². The highest BCUT2D eigenvalue weighted by molar-refractivity contribution is 7.44. The van der Waals surface area contributed by atoms with Crippen molar-refractivity contribution in [3.05, 3.63) is 0 Å². The van der Waals surface area contributed by atoms with E-state index in [9.17, 15) is 19.4 Å². The molecule has 0 aromatic rings. The summed E-state index contributed by atoms with van der Waals surface area (Å²) >= 11 is 0. The largest absolute Gasteiger partial charge is 0.756 e. The Morgan fingerprint density at radius 3 is 1.23 bits per heavy atom. The number of carbonyl (C=O) groups is 1. The van der Waals surface area contributed by atoms with Gasteiger partial charge in [0.25, 0.3) is 7.82 Å². The number of carbonyl (C=O) groups excluding carboxylic acids is 1. The van der Waals surface area contributed by atoms with E-state index in [-0.39, 0.29) is 19.2 Å². The monoisotopic (exact) mass is 764 g/mol. The van der Waals surface area contributed by atoms with Crippen molar-refractivity contribution in [3.63, 3.8) is 0 Å². The molecule has 9 nitrogen and oxygen atoms in total. The van der Waals surface area contributed by atoms with Crippen molar-refractivity contribution in [1.82, 2.24) is 10.2 Å². The van der Waals surface area contributed by atoms with Crippen LogP contribution in [-0.2, 0) is 9.09 Å². The molecule has 1 unspecified atom stereocenters. The van der Waals surface area contributed by atoms with E-state index < -0.39 is 7.82 Å². The first-order valence-electron chi connectivity index (χ1n) is 22.1. The van der Waals surface area contributed by atoms with Gasteiger partial charge < -0.3 is 34.1 Å². The van der Waals surface area contributed by atoms with Crippen molar-refractivity contribution in [3.8, 4) is 0 Å². The van der Waals surface area contributed by atoms with Crippen LogP contribution >= 0.6 is 7.82 Å². The van der Waals surface area contributed by atoms with E-state index in [1.54, 1.807) is 0 Å². The minimum absolute atomic E-state index is 0.00898. The molecule has 10 heteroatoms. The van der Waals surface area contributed by atoms with Crippen LogP contribution < -0.4 is 10.2 Å². The molecule has 0 rings (SSSR count). The number of aliphatic hydroxyl groups is 1. The number of amides is 2. The number of nitrogens with zero attached hydrogens (tertiary/aromatic N) is 2. The fraction of sp³-hybridized carbons (Fsp3) is 0.976. The smallest absolute Gasteiger partial charge is 0.317 e. The molecule has 1 atom stereocenters. The lowest BCUT2D eigenvalue weighted by Gasteiger charge is -2.25. The van der Waals surface area contributed by atoms with Crippen molar-refractivity contribution in [2.75, 3.05) is 60.5 Å². The van der Waals surface area contributed by atoms with E-state index in [2.05, 4.69) is 23.7 Å². The summed E-state index contributed by atoms with van der Waals surface area (Å²) in [5.41, 5.74) is 0. The number of phosphoric ester groups is 1. The first-order valence-corrected chi connectivity index (χ1v) is 23.6. The molecule has 3 N–H and O–H groups in total. The number of likely N-dealkylation sites (N-methyl/N-ethyl adjacent to an activating group) is 1. The molecular formula is C42H90N3O6P. The Morgan fingerprint density at radius 1 is 0.596 bits per heavy atom. The average molecular weight is 764 g/mol. The molecular weight excluding hydrogens is 673 g/mol. The van der Waals surface area contributed by atoms with Gasteiger partial charge in [-0.3, -0.25) is 4.57 Å². The normalized spacial score (nSPS) is 12.7. The number of unbranched alkanes of at least 4 members (excludes halogenated alkanes) is 28. The van der Waals surface area contributed by atoms with Crippen LogP contribution in [0.15, 0.2) is 0 Å². The van der Waals surface area contributed by atoms with Gasteiger partial charge in [0.1, 0.15) is 13.2 Å². The van der Waals surface area contributed by atoms with E-state index >= 15 is 0 Å². The lowest BCUT2D eigenvalue weighted by molar-refractivity contribution is -0.870. The molecule has 0 aromatic heterocycles. The number of hydrogen-bond donors (Lipinski definition) is 3. The fourth-order valence-corrected chi connectivity index (χ4v) is 6.66. The minimum atomic E-state index is -4.51. The predicted octanol–water partition coefficient (Wildman–Crippen LogP) is 10.9. The van der Waals surface area contributed by atoms with Crippen LogP contribution in [0.25, 0.3) is 0 Å². The molecule has 0 aliphatic rings. The van der Waals surface area contributed by atoms with Gasteiger partial charge in [0.15, 0.2) is 0 Å². The Labute approximate surface area is 323 Å². The molecule has 2 amide bonds. The molecule has 0 fully saturated rings. The van der Waals surface area contributed by atoms with E-state index in [1.807, 2.05) is 26.0 Å². The van der Waals surface area contributed by atoms with Crippen LogP contribution in [0.4, 0.5) is 4.79 Å². The number of hydrogen-bond acceptors (Lipinski definition) is 5. The van der Waals surface area contributed by atoms with Crippen molar-refractivity contribution in [2.45, 2.75) is 206 Å². The number of phosphoric acid groups is 1. The van der Waals surface area contributed by atoms with Crippen molar-refractivity contribution in [2.24, 2.45) is 0 Å². The van der Waals surface area contributed by atoms with Crippen LogP contribution in [0.2, 0.25) is 0 Å². The third kappa shape index (κ3) is 47.3. The first-order chi connectivity index (χ1) is 25.0. The molecule has 0 heterocycles. The molecule has 0 spiro atoms. The third-order valence-electron chi connectivity index (χ3n) is 9.76. The Bertz CT molecular complexity index is 777. The maximum absolute atomic E-state index is 12.6. The highest BCUT2D eigenvalue weighted by Gasteiger charge is 2.12. The summed E-state index contributed by atoms with van der Waals surface area (Å²) < 4.78 is 14.8. The first kappa shape index (κ1) is 53.4. The average Bonchev–Trinajstić information content (AvgIpc) is 3.08. The van der Waals surface area contributed by atoms with Gasteiger partial charge in [-0.1, -0.05) is 194 Å². The van der Waals surface area contributed by atoms with Crippen LogP contribution in [0.1, 0.15) is 206 Å². The Balaban J connectivity index is 0. The molecule has 52 heavy (non-hydrogen) atoms. The molecule has 0 aliphatic carbocycles. The lowest BCUT2D eigenvalue weighted by Crippen LogP contribution is -2.42. The predicted molar refractivity (Wildman–Crippen MR) is 221 cm³/mol. The summed E-state index contributed by atoms with van der Waals surface area (Å²) in [5, 5.41) is 12.5. The second-order valence-electron chi connectivity index (χ2n) is 16.2. The third-order valence-corrected chi connectivity index (χ3v) is 10.3. The summed E-state index contributed by atoms with van der Waals surface area (Å²) in [6.45, 7) is 7.14. The van der Waals surface area contributed by atoms with Gasteiger partial charge in [0.05, 0.1) is 27.7 Å². The topological polar surface area (TPSA) is 122 Å². The quantitative estimate of drug-likeness (QED) is 0.0327. The molecule has 314 valence electrons. The highest BCUT2D eigenvalue weighted by atomic mass is 31.2. The van der Waals surface area contributed by atoms with Crippen LogP contribution in [-0.4, -0.2) is 85.9 Å². The molecule has 0 aliphatic heterocycles. The summed E-state index contributed by atoms with van der Waals surface area (Å²) in [7, 11) is 1.19. The zero-order chi connectivity index (χ0) is 39.0. The van der Waals surface area contributed by atoms with Gasteiger partial charge in [-0.15, -0.1) is 0 Å². The van der Waals surface area contributed by atoms with E-state index in [0.29, 0.717) is 17.6 Å². The molecule has 0 aromatic carbocycles. The van der Waals surface area contributed by atoms with Gasteiger partial charge in [-0.2, -0.15) is 0 Å². The summed E-state index contributed by atoms with van der Waals surface area (Å²) in [5.74, 6) is 0. The highest BCUT2D eigenvalue weighted by Crippen LogP contribution is 2.29. The SMILES string of the molecule is CCCCCCCCCCCCCCCCCCN(CCO)C(=O)NCCCCCCCCCCCCCCCC.C[N+](C)(C)CCOP(=O)([O-])O. The van der Waals surface area contributed by atoms with E-state index in [4.69, 9.17) is 4.89 Å². The molecule has 0 radical (unpaired) electrons. The zero-order valence-electron chi connectivity index (χ0n) is 35.3. The van der Waals surface area contributed by atoms with E-state index in [0.717, 1.165) is 25.9 Å². The van der Waals surface area contributed by atoms with Crippen LogP contribution in [0.5, 0.6) is 0 Å². The maximum atomic E-state index is 12.6. The fourth-order valence-electron chi connectivity index (χ4n) is 6.34. The van der Waals surface area contributed by atoms with E-state index in [1.165, 1.54) is 180 Å². The second kappa shape index (κ2) is 40.0. The summed E-state index contributed by atoms with van der Waals surface area (Å²) in [6, 6.07) is 0.00898. The number of aliphatic hydroxyl groups excluding tert-OH is 1. The van der Waals surface area contributed by atoms with Gasteiger partial charge in [-0.05, 0) is 12.8 Å². The van der Waals surface area contributed by atoms with Crippen molar-refractivity contribution < 1.29 is 33.3 Å². The van der Waals surface area contributed by atoms with Crippen LogP contribution in [0, 0.1) is 0 Å². The van der Waals surface area contributed by atoms with Crippen molar-refractivity contribution in [1.29, 1.82) is 0 Å². The molecule has 0 bridgehead atoms. The number of nitrogens with one attached hydrogen (secondary N) is 1. The van der Waals surface area contributed by atoms with Crippen LogP contribution in [0.3, 0.4) is 0 Å². The Morgan fingerprint density at radius 2 is 0.923 bits per heavy atom. The maximum Gasteiger partial charge on any atom is 0.317 e. The lowest BCUT2D eigenvalue weighted by atomic mass is 10.0. The Kier molecular flexibility index (Phi) is 41.1. The minimum Gasteiger partial charge on any atom is -0.756 e. The summed E-state index contributed by atoms with van der Waals surface area (Å²) in [4.78, 5) is 32.6. The number of quaternary nitrogens is 1. The van der Waals surface area contributed by atoms with Gasteiger partial charge in [0.2, 0.25) is 0 Å². The summed E-state index contributed by atoms with van der Waals surface area (Å²) in [6.07, 6.45) is 40.7. The van der Waals surface area contributed by atoms with Gasteiger partial charge in [0, 0.05) is 19.6 Å². The van der Waals surface area contributed by atoms with Gasteiger partial charge >= 0.3 is 6.03 Å². The van der Waals surface area contributed by atoms with Gasteiger partial charge in [-0.25, -0.2) is 4.79 Å². The number of urea groups is 1. The molecule has 0 saturated carbocycles. The molecule has 0 saturated heterocycles. The zero-order valence-corrected chi connectivity index (χ0v) is 36.2. The standard InChI is InChI=1S/C37H76N2O2.C5H14NO4P/c1-3-5-7-9-11-13-15-17-19-20-22-24-26-28-30-32-34-39(35-36-40)37(41)38-33-31-29-27-25-23-21-18-16-14-12-10-8-6-4-2;1-6(2,3)4-5-10-11(7,8)9/h40H,3-36H2,1-2H3,(H,38,41);4-5H2,1-3H3,(H-,7,8,9). The second-order valence-corrected chi connectivity index (χ2v) is 17.4. The number of rotatable bonds is 38. The Hall–Kier alpha value is -0.700.